The van der Waals surface area contributed by atoms with Crippen molar-refractivity contribution >= 4 is 0 Å². The minimum absolute atomic E-state index is 1.12. The Morgan fingerprint density at radius 1 is 0.244 bits per heavy atom. The number of hydrogen-bond donors (Lipinski definition) is 2. The molecule has 0 aromatic carbocycles. The summed E-state index contributed by atoms with van der Waals surface area (Å²) in [5, 5.41) is 20.0. The number of hydrogen-bond acceptors (Lipinski definition) is 4. The molecule has 1 fully saturated rings. The van der Waals surface area contributed by atoms with Gasteiger partial charge in [-0.15, -0.1) is 0 Å². The molecule has 4 nitrogen and oxygen atoms in total. The fraction of sp³-hybridized carbons (Fsp3) is 1.00. The minimum Gasteiger partial charge on any atom is -0.384 e. The Bertz CT molecular complexity index is 2350. The van der Waals surface area contributed by atoms with Gasteiger partial charge in [0, 0.05) is 0 Å². The Morgan fingerprint density at radius 3 is 0.570 bits per heavy atom. The Labute approximate surface area is 431 Å². The zero-order chi connectivity index (χ0) is 71.1. The molecule has 1 rings (SSSR count). The predicted molar refractivity (Wildman–Crippen MR) is 157 cm³/mol. The summed E-state index contributed by atoms with van der Waals surface area (Å²) in [6.45, 7) is -2.25. The third kappa shape index (κ3) is 9.27. The van der Waals surface area contributed by atoms with E-state index in [4.69, 9.17) is 0 Å². The summed E-state index contributed by atoms with van der Waals surface area (Å²) >= 11 is 0. The summed E-state index contributed by atoms with van der Waals surface area (Å²) in [5.74, 6) is -219. The second-order valence-corrected chi connectivity index (χ2v) is 17.3. The monoisotopic (exact) mass is 1420 g/mol. The highest BCUT2D eigenvalue weighted by Crippen LogP contribution is 2.72. The molecule has 86 heavy (non-hydrogen) atoms. The molecule has 0 radical (unpaired) electrons. The molecular weight excluding hydrogens is 1410 g/mol. The summed E-state index contributed by atoms with van der Waals surface area (Å²) in [7, 11) is 0. The van der Waals surface area contributed by atoms with E-state index in [-0.39, 0.29) is 0 Å². The zero-order valence-corrected chi connectivity index (χ0v) is 37.7. The van der Waals surface area contributed by atoms with E-state index in [2.05, 4.69) is 9.47 Å². The standard InChI is InChI=1S/C31H11F51O4/c1-6(2)85-3(4(83)8(32,33)11(38,39)14(44,45)17(50,51)20(56,57)23(62,63)26(68,69)29(74,75)76)5(86-6)7(84,9(34,35)12(40,41)15(46,47)18(52,53)21(58,59)24(64,65)27(70,71)30(77,78)79)10(36,37)13(42,43)16(48,49)19(54,55)22(60,61)25(66,67)28(72,73)31(80,81)82/h3-5,83-84H,1-2H3/t3-,4-,5+/m1/s1. The van der Waals surface area contributed by atoms with Crippen LogP contribution in [-0.4, -0.2) is 183 Å². The number of rotatable bonds is 23. The summed E-state index contributed by atoms with van der Waals surface area (Å²) < 4.78 is 727. The molecule has 1 aliphatic heterocycles. The SMILES string of the molecule is CC1(C)O[C@H]([C@@H](O)C(F)(F)C(F)(F)C(F)(F)C(F)(F)C(F)(F)C(F)(F)C(F)(F)C(F)(F)F)[C@@H](C(O)(C(F)(F)C(F)(F)C(F)(F)C(F)(F)C(F)(F)C(F)(F)C(F)(F)C(F)(F)F)C(F)(F)C(F)(F)C(F)(F)C(F)(F)C(F)(F)C(F)(F)C(F)(F)C(F)(F)F)O1. The van der Waals surface area contributed by atoms with Crippen molar-refractivity contribution in [1.29, 1.82) is 0 Å². The van der Waals surface area contributed by atoms with Gasteiger partial charge >= 0.3 is 143 Å². The molecule has 0 saturated carbocycles. The second kappa shape index (κ2) is 19.6. The summed E-state index contributed by atoms with van der Waals surface area (Å²) in [5.41, 5.74) is -10.3. The van der Waals surface area contributed by atoms with Gasteiger partial charge in [0.25, 0.3) is 0 Å². The molecule has 1 saturated heterocycles. The Balaban J connectivity index is 5.11. The maximum Gasteiger partial charge on any atom is 0.460 e. The first-order valence-corrected chi connectivity index (χ1v) is 19.0. The van der Waals surface area contributed by atoms with Gasteiger partial charge in [0.05, 0.1) is 0 Å². The van der Waals surface area contributed by atoms with Crippen molar-refractivity contribution in [2.45, 2.75) is 186 Å². The highest BCUT2D eigenvalue weighted by atomic mass is 19.5. The summed E-state index contributed by atoms with van der Waals surface area (Å²) in [4.78, 5) is 0. The van der Waals surface area contributed by atoms with Crippen molar-refractivity contribution in [3.05, 3.63) is 0 Å². The van der Waals surface area contributed by atoms with Crippen LogP contribution in [0.5, 0.6) is 0 Å². The third-order valence-corrected chi connectivity index (χ3v) is 11.4. The highest BCUT2D eigenvalue weighted by molar-refractivity contribution is 5.28. The molecule has 0 aromatic heterocycles. The van der Waals surface area contributed by atoms with Crippen molar-refractivity contribution in [3.8, 4) is 0 Å². The number of aliphatic hydroxyl groups excluding tert-OH is 1. The number of ether oxygens (including phenoxy) is 2. The highest BCUT2D eigenvalue weighted by Gasteiger charge is 3.03. The first-order valence-electron chi connectivity index (χ1n) is 19.0. The largest absolute Gasteiger partial charge is 0.460 e. The van der Waals surface area contributed by atoms with Crippen LogP contribution in [0.4, 0.5) is 224 Å². The van der Waals surface area contributed by atoms with Crippen LogP contribution in [0.3, 0.4) is 0 Å². The maximum atomic E-state index is 16.1. The second-order valence-electron chi connectivity index (χ2n) is 17.3. The average molecular weight is 1420 g/mol. The van der Waals surface area contributed by atoms with Crippen molar-refractivity contribution in [3.63, 3.8) is 0 Å². The number of alkyl halides is 51. The van der Waals surface area contributed by atoms with Crippen LogP contribution in [0.1, 0.15) is 13.8 Å². The Hall–Kier alpha value is -3.73. The lowest BCUT2D eigenvalue weighted by Crippen LogP contribution is -2.85. The number of halogens is 51. The van der Waals surface area contributed by atoms with E-state index in [1.165, 1.54) is 0 Å². The lowest BCUT2D eigenvalue weighted by molar-refractivity contribution is -0.494. The van der Waals surface area contributed by atoms with Crippen LogP contribution in [0.2, 0.25) is 0 Å². The Morgan fingerprint density at radius 2 is 0.395 bits per heavy atom. The van der Waals surface area contributed by atoms with E-state index in [1.807, 2.05) is 0 Å². The van der Waals surface area contributed by atoms with E-state index >= 15 is 43.9 Å². The fourth-order valence-electron chi connectivity index (χ4n) is 6.27. The van der Waals surface area contributed by atoms with Gasteiger partial charge in [-0.05, 0) is 13.8 Å². The first-order chi connectivity index (χ1) is 36.1. The van der Waals surface area contributed by atoms with Gasteiger partial charge in [-0.3, -0.25) is 0 Å². The van der Waals surface area contributed by atoms with Gasteiger partial charge in [-0.1, -0.05) is 0 Å². The normalized spacial score (nSPS) is 20.7. The quantitative estimate of drug-likeness (QED) is 0.100. The molecule has 516 valence electrons. The molecular formula is C31H11F51O4. The average Bonchev–Trinajstić information content (AvgIpc) is 3.60. The molecule has 0 amide bonds. The zero-order valence-electron chi connectivity index (χ0n) is 37.7. The molecule has 55 heteroatoms. The van der Waals surface area contributed by atoms with E-state index in [9.17, 15) is 190 Å². The van der Waals surface area contributed by atoms with Gasteiger partial charge < -0.3 is 19.7 Å². The van der Waals surface area contributed by atoms with E-state index in [0.717, 1.165) is 0 Å². The molecule has 0 unspecified atom stereocenters. The topological polar surface area (TPSA) is 58.9 Å². The molecule has 3 atom stereocenters. The minimum atomic E-state index is -11.0. The molecule has 0 spiro atoms. The van der Waals surface area contributed by atoms with E-state index < -0.39 is 186 Å². The predicted octanol–water partition coefficient (Wildman–Crippen LogP) is 15.6. The molecule has 1 heterocycles. The Kier molecular flexibility index (Phi) is 18.3. The van der Waals surface area contributed by atoms with Crippen molar-refractivity contribution in [2.75, 3.05) is 0 Å². The first kappa shape index (κ1) is 80.3. The lowest BCUT2D eigenvalue weighted by Gasteiger charge is -2.52. The molecule has 2 N–H and O–H groups in total. The number of aliphatic hydroxyl groups is 2. The van der Waals surface area contributed by atoms with Gasteiger partial charge in [-0.2, -0.15) is 224 Å². The van der Waals surface area contributed by atoms with Crippen LogP contribution in [0.25, 0.3) is 0 Å². The van der Waals surface area contributed by atoms with Crippen LogP contribution in [-0.2, 0) is 9.47 Å². The van der Waals surface area contributed by atoms with Crippen molar-refractivity contribution in [2.24, 2.45) is 0 Å². The van der Waals surface area contributed by atoms with Crippen LogP contribution in [0.15, 0.2) is 0 Å². The maximum absolute atomic E-state index is 16.1. The van der Waals surface area contributed by atoms with Gasteiger partial charge in [-0.25, -0.2) is 0 Å². The van der Waals surface area contributed by atoms with Gasteiger partial charge in [0.15, 0.2) is 11.9 Å². The lowest BCUT2D eigenvalue weighted by atomic mass is 9.70. The molecule has 0 aliphatic carbocycles. The van der Waals surface area contributed by atoms with Crippen molar-refractivity contribution < 1.29 is 244 Å². The smallest absolute Gasteiger partial charge is 0.384 e. The van der Waals surface area contributed by atoms with E-state index in [0.29, 0.717) is 0 Å². The van der Waals surface area contributed by atoms with Crippen LogP contribution in [0, 0.1) is 0 Å². The third-order valence-electron chi connectivity index (χ3n) is 11.4. The van der Waals surface area contributed by atoms with Crippen LogP contribution >= 0.6 is 0 Å². The molecule has 0 aromatic rings. The van der Waals surface area contributed by atoms with Crippen molar-refractivity contribution in [1.82, 2.24) is 0 Å². The fourth-order valence-corrected chi connectivity index (χ4v) is 6.27. The van der Waals surface area contributed by atoms with Crippen LogP contribution < -0.4 is 0 Å². The molecule has 0 bridgehead atoms. The van der Waals surface area contributed by atoms with Gasteiger partial charge in [0.1, 0.15) is 12.2 Å². The summed E-state index contributed by atoms with van der Waals surface area (Å²) in [6, 6.07) is 0. The van der Waals surface area contributed by atoms with E-state index in [1.54, 1.807) is 0 Å². The summed E-state index contributed by atoms with van der Waals surface area (Å²) in [6.07, 6.45) is -48.0. The molecule has 1 aliphatic rings. The van der Waals surface area contributed by atoms with Gasteiger partial charge in [0.2, 0.25) is 5.60 Å².